The fourth-order valence-corrected chi connectivity index (χ4v) is 2.17. The number of nitrogens with one attached hydrogen (secondary N) is 1. The van der Waals surface area contributed by atoms with E-state index in [-0.39, 0.29) is 17.9 Å². The second-order valence-electron chi connectivity index (χ2n) is 5.09. The predicted octanol–water partition coefficient (Wildman–Crippen LogP) is 0.708. The summed E-state index contributed by atoms with van der Waals surface area (Å²) in [5.74, 6) is 0.319. The number of ether oxygens (including phenoxy) is 1. The second-order valence-corrected chi connectivity index (χ2v) is 5.09. The molecule has 1 heterocycles. The first-order valence-corrected chi connectivity index (χ1v) is 6.98. The monoisotopic (exact) mass is 271 g/mol. The number of amides is 2. The van der Waals surface area contributed by atoms with Gasteiger partial charge in [0.15, 0.2) is 0 Å². The smallest absolute Gasteiger partial charge is 0.407 e. The molecule has 0 spiro atoms. The summed E-state index contributed by atoms with van der Waals surface area (Å²) in [5, 5.41) is 2.79. The third-order valence-corrected chi connectivity index (χ3v) is 3.30. The third-order valence-electron chi connectivity index (χ3n) is 3.30. The molecule has 0 saturated carbocycles. The van der Waals surface area contributed by atoms with Gasteiger partial charge in [-0.2, -0.15) is 0 Å². The lowest BCUT2D eigenvalue weighted by Crippen LogP contribution is -2.50. The maximum Gasteiger partial charge on any atom is 0.407 e. The Morgan fingerprint density at radius 1 is 1.53 bits per heavy atom. The zero-order valence-corrected chi connectivity index (χ0v) is 11.9. The lowest BCUT2D eigenvalue weighted by atomic mass is 10.0. The van der Waals surface area contributed by atoms with E-state index in [2.05, 4.69) is 5.32 Å². The van der Waals surface area contributed by atoms with E-state index in [0.717, 1.165) is 19.4 Å². The Morgan fingerprint density at radius 2 is 2.26 bits per heavy atom. The van der Waals surface area contributed by atoms with Gasteiger partial charge in [-0.25, -0.2) is 4.79 Å². The molecule has 1 aliphatic heterocycles. The van der Waals surface area contributed by atoms with Crippen LogP contribution in [0.2, 0.25) is 0 Å². The van der Waals surface area contributed by atoms with Crippen molar-refractivity contribution in [1.29, 1.82) is 0 Å². The molecule has 6 nitrogen and oxygen atoms in total. The van der Waals surface area contributed by atoms with Gasteiger partial charge in [0.1, 0.15) is 0 Å². The number of alkyl carbamates (subject to hydrolysis) is 1. The Labute approximate surface area is 114 Å². The van der Waals surface area contributed by atoms with Gasteiger partial charge in [0.05, 0.1) is 6.61 Å². The minimum absolute atomic E-state index is 0.00932. The fourth-order valence-electron chi connectivity index (χ4n) is 2.17. The van der Waals surface area contributed by atoms with Crippen molar-refractivity contribution in [3.8, 4) is 0 Å². The second kappa shape index (κ2) is 7.99. The average Bonchev–Trinajstić information content (AvgIpc) is 2.39. The molecule has 19 heavy (non-hydrogen) atoms. The molecular formula is C13H25N3O3. The normalized spacial score (nSPS) is 20.8. The summed E-state index contributed by atoms with van der Waals surface area (Å²) < 4.78 is 4.85. The summed E-state index contributed by atoms with van der Waals surface area (Å²) in [7, 11) is 0. The summed E-state index contributed by atoms with van der Waals surface area (Å²) in [4.78, 5) is 25.2. The van der Waals surface area contributed by atoms with Crippen LogP contribution in [-0.4, -0.2) is 49.2 Å². The van der Waals surface area contributed by atoms with Crippen molar-refractivity contribution >= 4 is 12.0 Å². The van der Waals surface area contributed by atoms with Crippen molar-refractivity contribution < 1.29 is 14.3 Å². The molecular weight excluding hydrogens is 246 g/mol. The molecule has 1 aliphatic rings. The van der Waals surface area contributed by atoms with Crippen molar-refractivity contribution in [3.63, 3.8) is 0 Å². The highest BCUT2D eigenvalue weighted by molar-refractivity contribution is 5.76. The van der Waals surface area contributed by atoms with Crippen LogP contribution < -0.4 is 11.1 Å². The maximum atomic E-state index is 12.1. The van der Waals surface area contributed by atoms with E-state index in [4.69, 9.17) is 10.5 Å². The molecule has 2 unspecified atom stereocenters. The fraction of sp³-hybridized carbons (Fsp3) is 0.846. The van der Waals surface area contributed by atoms with Crippen molar-refractivity contribution in [3.05, 3.63) is 0 Å². The molecule has 1 rings (SSSR count). The quantitative estimate of drug-likeness (QED) is 0.771. The van der Waals surface area contributed by atoms with Crippen molar-refractivity contribution in [2.75, 3.05) is 26.2 Å². The van der Waals surface area contributed by atoms with E-state index >= 15 is 0 Å². The molecule has 0 aromatic heterocycles. The van der Waals surface area contributed by atoms with Crippen LogP contribution in [0.3, 0.4) is 0 Å². The van der Waals surface area contributed by atoms with E-state index in [0.29, 0.717) is 26.1 Å². The molecule has 1 fully saturated rings. The molecule has 0 aromatic carbocycles. The molecule has 0 aromatic rings. The van der Waals surface area contributed by atoms with Gasteiger partial charge >= 0.3 is 6.09 Å². The van der Waals surface area contributed by atoms with Crippen LogP contribution in [-0.2, 0) is 9.53 Å². The standard InChI is InChI=1S/C13H25N3O3/c1-3-19-13(18)15-11-5-4-6-16(9-11)12(17)7-10(2)8-14/h10-11H,3-9,14H2,1-2H3,(H,15,18). The number of carbonyl (C=O) groups is 2. The van der Waals surface area contributed by atoms with Gasteiger partial charge in [-0.3, -0.25) is 4.79 Å². The highest BCUT2D eigenvalue weighted by Gasteiger charge is 2.25. The zero-order valence-electron chi connectivity index (χ0n) is 11.9. The van der Waals surface area contributed by atoms with E-state index < -0.39 is 6.09 Å². The number of nitrogens with two attached hydrogens (primary N) is 1. The molecule has 3 N–H and O–H groups in total. The Morgan fingerprint density at radius 3 is 2.89 bits per heavy atom. The molecule has 0 bridgehead atoms. The first kappa shape index (κ1) is 15.8. The Kier molecular flexibility index (Phi) is 6.62. The molecule has 0 aliphatic carbocycles. The number of rotatable bonds is 5. The van der Waals surface area contributed by atoms with E-state index in [1.807, 2.05) is 11.8 Å². The van der Waals surface area contributed by atoms with Gasteiger partial charge in [0.25, 0.3) is 0 Å². The van der Waals surface area contributed by atoms with Gasteiger partial charge in [0.2, 0.25) is 5.91 Å². The molecule has 6 heteroatoms. The highest BCUT2D eigenvalue weighted by Crippen LogP contribution is 2.13. The van der Waals surface area contributed by atoms with Crippen LogP contribution >= 0.6 is 0 Å². The van der Waals surface area contributed by atoms with E-state index in [1.54, 1.807) is 6.92 Å². The highest BCUT2D eigenvalue weighted by atomic mass is 16.5. The summed E-state index contributed by atoms with van der Waals surface area (Å²) in [5.41, 5.74) is 5.53. The number of nitrogens with zero attached hydrogens (tertiary/aromatic N) is 1. The molecule has 2 atom stereocenters. The van der Waals surface area contributed by atoms with Crippen LogP contribution in [0.4, 0.5) is 4.79 Å². The van der Waals surface area contributed by atoms with Crippen LogP contribution in [0, 0.1) is 5.92 Å². The van der Waals surface area contributed by atoms with Crippen LogP contribution in [0.5, 0.6) is 0 Å². The SMILES string of the molecule is CCOC(=O)NC1CCCN(C(=O)CC(C)CN)C1. The van der Waals surface area contributed by atoms with Gasteiger partial charge in [0, 0.05) is 25.6 Å². The first-order valence-electron chi connectivity index (χ1n) is 6.98. The lowest BCUT2D eigenvalue weighted by Gasteiger charge is -2.33. The number of hydrogen-bond acceptors (Lipinski definition) is 4. The topological polar surface area (TPSA) is 84.7 Å². The van der Waals surface area contributed by atoms with Crippen molar-refractivity contribution in [2.24, 2.45) is 11.7 Å². The Hall–Kier alpha value is -1.30. The summed E-state index contributed by atoms with van der Waals surface area (Å²) >= 11 is 0. The zero-order chi connectivity index (χ0) is 14.3. The van der Waals surface area contributed by atoms with Crippen LogP contribution in [0.15, 0.2) is 0 Å². The van der Waals surface area contributed by atoms with E-state index in [1.165, 1.54) is 0 Å². The Bertz CT molecular complexity index is 310. The van der Waals surface area contributed by atoms with Crippen LogP contribution in [0.1, 0.15) is 33.1 Å². The van der Waals surface area contributed by atoms with Gasteiger partial charge in [-0.1, -0.05) is 6.92 Å². The molecule has 110 valence electrons. The number of likely N-dealkylation sites (tertiary alicyclic amines) is 1. The number of hydrogen-bond donors (Lipinski definition) is 2. The number of carbonyl (C=O) groups excluding carboxylic acids is 2. The van der Waals surface area contributed by atoms with Crippen molar-refractivity contribution in [2.45, 2.75) is 39.2 Å². The maximum absolute atomic E-state index is 12.1. The van der Waals surface area contributed by atoms with Gasteiger partial charge in [-0.15, -0.1) is 0 Å². The first-order chi connectivity index (χ1) is 9.06. The Balaban J connectivity index is 2.41. The minimum atomic E-state index is -0.405. The number of piperidine rings is 1. The summed E-state index contributed by atoms with van der Waals surface area (Å²) in [6.45, 7) is 5.94. The lowest BCUT2D eigenvalue weighted by molar-refractivity contribution is -0.133. The molecule has 1 saturated heterocycles. The van der Waals surface area contributed by atoms with Gasteiger partial charge in [-0.05, 0) is 32.2 Å². The summed E-state index contributed by atoms with van der Waals surface area (Å²) in [6, 6.07) is -0.00932. The predicted molar refractivity (Wildman–Crippen MR) is 72.6 cm³/mol. The molecule has 2 amide bonds. The molecule has 0 radical (unpaired) electrons. The largest absolute Gasteiger partial charge is 0.450 e. The van der Waals surface area contributed by atoms with E-state index in [9.17, 15) is 9.59 Å². The summed E-state index contributed by atoms with van der Waals surface area (Å²) in [6.07, 6.45) is 1.86. The third kappa shape index (κ3) is 5.46. The van der Waals surface area contributed by atoms with Gasteiger partial charge < -0.3 is 20.7 Å². The van der Waals surface area contributed by atoms with Crippen molar-refractivity contribution in [1.82, 2.24) is 10.2 Å². The minimum Gasteiger partial charge on any atom is -0.450 e. The average molecular weight is 271 g/mol. The van der Waals surface area contributed by atoms with Crippen LogP contribution in [0.25, 0.3) is 0 Å².